The first-order chi connectivity index (χ1) is 7.66. The number of hydrogen-bond donors (Lipinski definition) is 2. The second-order valence-corrected chi connectivity index (χ2v) is 3.73. The molecule has 0 saturated carbocycles. The van der Waals surface area contributed by atoms with E-state index in [1.807, 2.05) is 6.92 Å². The van der Waals surface area contributed by atoms with Crippen LogP contribution in [0.2, 0.25) is 0 Å². The molecular weight excluding hydrogens is 204 g/mol. The highest BCUT2D eigenvalue weighted by molar-refractivity contribution is 5.66. The van der Waals surface area contributed by atoms with Gasteiger partial charge >= 0.3 is 5.97 Å². The third-order valence-electron chi connectivity index (χ3n) is 2.13. The lowest BCUT2D eigenvalue weighted by Crippen LogP contribution is -1.93. The molecule has 0 aromatic carbocycles. The minimum atomic E-state index is -0.670. The summed E-state index contributed by atoms with van der Waals surface area (Å²) in [5, 5.41) is 8.27. The van der Waals surface area contributed by atoms with Crippen molar-refractivity contribution in [3.05, 3.63) is 18.2 Å². The maximum Gasteiger partial charge on any atom is 0.303 e. The largest absolute Gasteiger partial charge is 0.481 e. The van der Waals surface area contributed by atoms with Gasteiger partial charge in [-0.1, -0.05) is 32.6 Å². The van der Waals surface area contributed by atoms with Crippen molar-refractivity contribution < 1.29 is 9.90 Å². The fraction of sp³-hybridized carbons (Fsp3) is 0.667. The molecule has 0 amide bonds. The van der Waals surface area contributed by atoms with E-state index in [-0.39, 0.29) is 0 Å². The zero-order chi connectivity index (χ0) is 12.2. The summed E-state index contributed by atoms with van der Waals surface area (Å²) in [4.78, 5) is 16.8. The van der Waals surface area contributed by atoms with E-state index < -0.39 is 5.97 Å². The molecular formula is C12H22N2O2. The first kappa shape index (κ1) is 14.7. The number of unbranched alkanes of at least 4 members (excludes halogenated alkanes) is 4. The number of hydrogen-bond acceptors (Lipinski definition) is 2. The van der Waals surface area contributed by atoms with Crippen LogP contribution in [0.15, 0.2) is 12.4 Å². The number of carbonyl (C=O) groups is 1. The topological polar surface area (TPSA) is 66.0 Å². The summed E-state index contributed by atoms with van der Waals surface area (Å²) in [7, 11) is 0. The summed E-state index contributed by atoms with van der Waals surface area (Å²) in [6.07, 6.45) is 9.42. The van der Waals surface area contributed by atoms with Crippen LogP contribution < -0.4 is 0 Å². The fourth-order valence-corrected chi connectivity index (χ4v) is 1.22. The highest BCUT2D eigenvalue weighted by Gasteiger charge is 1.94. The molecule has 0 unspecified atom stereocenters. The Morgan fingerprint density at radius 2 is 2.06 bits per heavy atom. The Hall–Kier alpha value is -1.32. The van der Waals surface area contributed by atoms with Gasteiger partial charge in [0, 0.05) is 18.8 Å². The number of imidazole rings is 1. The lowest BCUT2D eigenvalue weighted by Gasteiger charge is -1.95. The van der Waals surface area contributed by atoms with Gasteiger partial charge in [-0.15, -0.1) is 0 Å². The Labute approximate surface area is 97.1 Å². The molecule has 1 heterocycles. The third-order valence-corrected chi connectivity index (χ3v) is 2.13. The molecule has 92 valence electrons. The Kier molecular flexibility index (Phi) is 9.36. The zero-order valence-corrected chi connectivity index (χ0v) is 10.2. The molecule has 0 fully saturated rings. The second-order valence-electron chi connectivity index (χ2n) is 3.73. The van der Waals surface area contributed by atoms with Crippen LogP contribution in [0.25, 0.3) is 0 Å². The summed E-state index contributed by atoms with van der Waals surface area (Å²) >= 11 is 0. The number of nitrogens with zero attached hydrogens (tertiary/aromatic N) is 1. The number of aryl methyl sites for hydroxylation is 1. The molecule has 0 radical (unpaired) electrons. The van der Waals surface area contributed by atoms with Crippen molar-refractivity contribution in [2.45, 2.75) is 52.4 Å². The molecule has 0 saturated heterocycles. The standard InChI is InChI=1S/C8H16O2.C4H6N2/c1-2-3-4-5-6-7-8(9)10;1-4-5-2-3-6-4/h2-7H2,1H3,(H,9,10);2-3H,1H3,(H,5,6). The summed E-state index contributed by atoms with van der Waals surface area (Å²) < 4.78 is 0. The second kappa shape index (κ2) is 10.2. The van der Waals surface area contributed by atoms with Crippen molar-refractivity contribution in [2.24, 2.45) is 0 Å². The van der Waals surface area contributed by atoms with E-state index in [0.717, 1.165) is 18.7 Å². The summed E-state index contributed by atoms with van der Waals surface area (Å²) in [5.41, 5.74) is 0. The van der Waals surface area contributed by atoms with Gasteiger partial charge in [0.1, 0.15) is 5.82 Å². The fourth-order valence-electron chi connectivity index (χ4n) is 1.22. The zero-order valence-electron chi connectivity index (χ0n) is 10.2. The molecule has 2 N–H and O–H groups in total. The Morgan fingerprint density at radius 1 is 1.38 bits per heavy atom. The maximum absolute atomic E-state index is 10.0. The maximum atomic E-state index is 10.0. The van der Waals surface area contributed by atoms with Gasteiger partial charge in [0.25, 0.3) is 0 Å². The SMILES string of the molecule is CCCCCCCC(=O)O.Cc1ncc[nH]1. The Bertz CT molecular complexity index is 258. The number of aliphatic carboxylic acids is 1. The number of aromatic amines is 1. The van der Waals surface area contributed by atoms with Gasteiger partial charge in [-0.25, -0.2) is 4.98 Å². The van der Waals surface area contributed by atoms with Crippen molar-refractivity contribution in [3.63, 3.8) is 0 Å². The molecule has 1 rings (SSSR count). The van der Waals surface area contributed by atoms with E-state index in [1.165, 1.54) is 19.3 Å². The van der Waals surface area contributed by atoms with Crippen LogP contribution in [0.4, 0.5) is 0 Å². The van der Waals surface area contributed by atoms with Crippen LogP contribution in [-0.4, -0.2) is 21.0 Å². The van der Waals surface area contributed by atoms with Gasteiger partial charge in [-0.2, -0.15) is 0 Å². The molecule has 0 aliphatic heterocycles. The van der Waals surface area contributed by atoms with Gasteiger partial charge in [0.15, 0.2) is 0 Å². The van der Waals surface area contributed by atoms with E-state index in [9.17, 15) is 4.79 Å². The first-order valence-corrected chi connectivity index (χ1v) is 5.84. The first-order valence-electron chi connectivity index (χ1n) is 5.84. The summed E-state index contributed by atoms with van der Waals surface area (Å²) in [6.45, 7) is 4.07. The smallest absolute Gasteiger partial charge is 0.303 e. The molecule has 4 nitrogen and oxygen atoms in total. The molecule has 0 aliphatic carbocycles. The van der Waals surface area contributed by atoms with Gasteiger partial charge in [0.2, 0.25) is 0 Å². The van der Waals surface area contributed by atoms with Crippen LogP contribution in [-0.2, 0) is 4.79 Å². The predicted molar refractivity (Wildman–Crippen MR) is 64.3 cm³/mol. The minimum Gasteiger partial charge on any atom is -0.481 e. The number of aromatic nitrogens is 2. The normalized spacial score (nSPS) is 9.38. The highest BCUT2D eigenvalue weighted by atomic mass is 16.4. The molecule has 0 bridgehead atoms. The molecule has 0 atom stereocenters. The van der Waals surface area contributed by atoms with Gasteiger partial charge in [-0.3, -0.25) is 4.79 Å². The van der Waals surface area contributed by atoms with Crippen LogP contribution in [0.1, 0.15) is 51.3 Å². The number of carboxylic acid groups (broad SMARTS) is 1. The predicted octanol–water partition coefficient (Wildman–Crippen LogP) is 3.15. The monoisotopic (exact) mass is 226 g/mol. The average Bonchev–Trinajstić information content (AvgIpc) is 2.69. The number of H-pyrrole nitrogens is 1. The van der Waals surface area contributed by atoms with E-state index in [1.54, 1.807) is 12.4 Å². The molecule has 4 heteroatoms. The van der Waals surface area contributed by atoms with E-state index in [4.69, 9.17) is 5.11 Å². The molecule has 0 aliphatic rings. The van der Waals surface area contributed by atoms with Gasteiger partial charge in [-0.05, 0) is 13.3 Å². The molecule has 16 heavy (non-hydrogen) atoms. The van der Waals surface area contributed by atoms with E-state index in [2.05, 4.69) is 16.9 Å². The average molecular weight is 226 g/mol. The Morgan fingerprint density at radius 3 is 2.44 bits per heavy atom. The van der Waals surface area contributed by atoms with Crippen LogP contribution in [0.3, 0.4) is 0 Å². The van der Waals surface area contributed by atoms with Crippen LogP contribution in [0.5, 0.6) is 0 Å². The van der Waals surface area contributed by atoms with E-state index in [0.29, 0.717) is 6.42 Å². The molecule has 1 aromatic heterocycles. The van der Waals surface area contributed by atoms with Crippen LogP contribution >= 0.6 is 0 Å². The highest BCUT2D eigenvalue weighted by Crippen LogP contribution is 2.04. The van der Waals surface area contributed by atoms with Gasteiger partial charge in [0.05, 0.1) is 0 Å². The minimum absolute atomic E-state index is 0.337. The van der Waals surface area contributed by atoms with Crippen molar-refractivity contribution in [2.75, 3.05) is 0 Å². The lowest BCUT2D eigenvalue weighted by atomic mass is 10.1. The number of carboxylic acids is 1. The molecule has 0 spiro atoms. The van der Waals surface area contributed by atoms with Crippen molar-refractivity contribution in [1.29, 1.82) is 0 Å². The van der Waals surface area contributed by atoms with Crippen molar-refractivity contribution in [3.8, 4) is 0 Å². The summed E-state index contributed by atoms with van der Waals surface area (Å²) in [6, 6.07) is 0. The summed E-state index contributed by atoms with van der Waals surface area (Å²) in [5.74, 6) is 0.298. The molecule has 1 aromatic rings. The van der Waals surface area contributed by atoms with E-state index >= 15 is 0 Å². The van der Waals surface area contributed by atoms with Crippen LogP contribution in [0, 0.1) is 6.92 Å². The number of rotatable bonds is 6. The third kappa shape index (κ3) is 10.8. The van der Waals surface area contributed by atoms with Gasteiger partial charge < -0.3 is 10.1 Å². The Balaban J connectivity index is 0.000000315. The quantitative estimate of drug-likeness (QED) is 0.732. The number of nitrogens with one attached hydrogen (secondary N) is 1. The lowest BCUT2D eigenvalue weighted by molar-refractivity contribution is -0.137. The van der Waals surface area contributed by atoms with Crippen molar-refractivity contribution in [1.82, 2.24) is 9.97 Å². The van der Waals surface area contributed by atoms with Crippen molar-refractivity contribution >= 4 is 5.97 Å².